The Morgan fingerprint density at radius 1 is 0.960 bits per heavy atom. The second kappa shape index (κ2) is 5.16. The van der Waals surface area contributed by atoms with Crippen molar-refractivity contribution in [1.82, 2.24) is 0 Å². The van der Waals surface area contributed by atoms with Crippen LogP contribution in [0.3, 0.4) is 0 Å². The molecular formula is C21H20O4. The highest BCUT2D eigenvalue weighted by molar-refractivity contribution is 5.76. The van der Waals surface area contributed by atoms with Gasteiger partial charge in [0.05, 0.1) is 5.92 Å². The normalized spacial score (nSPS) is 34.8. The van der Waals surface area contributed by atoms with Crippen molar-refractivity contribution in [2.24, 2.45) is 11.8 Å². The standard InChI is InChI=1S/C21H20O4/c1-23-19-17-13-20(12-16(17)18(22)24-19)21(25-20,14-8-4-2-5-9-14)15-10-6-3-7-11-15/h2-11,16-17,19H,12-13H2,1H3. The first-order valence-corrected chi connectivity index (χ1v) is 8.75. The van der Waals surface area contributed by atoms with Gasteiger partial charge in [-0.15, -0.1) is 0 Å². The molecule has 25 heavy (non-hydrogen) atoms. The average Bonchev–Trinajstić information content (AvgIpc) is 3.00. The van der Waals surface area contributed by atoms with Gasteiger partial charge in [0, 0.05) is 13.0 Å². The Balaban J connectivity index is 1.59. The molecule has 2 saturated heterocycles. The second-order valence-corrected chi connectivity index (χ2v) is 7.23. The number of esters is 1. The largest absolute Gasteiger partial charge is 0.435 e. The zero-order chi connectivity index (χ0) is 17.1. The predicted octanol–water partition coefficient (Wildman–Crippen LogP) is 3.25. The summed E-state index contributed by atoms with van der Waals surface area (Å²) in [5.41, 5.74) is 1.44. The van der Waals surface area contributed by atoms with E-state index in [1.54, 1.807) is 7.11 Å². The molecule has 3 fully saturated rings. The Hall–Kier alpha value is -2.17. The Morgan fingerprint density at radius 3 is 2.12 bits per heavy atom. The molecule has 0 bridgehead atoms. The molecule has 5 rings (SSSR count). The molecule has 4 heteroatoms. The van der Waals surface area contributed by atoms with Gasteiger partial charge in [-0.2, -0.15) is 0 Å². The van der Waals surface area contributed by atoms with Gasteiger partial charge >= 0.3 is 5.97 Å². The van der Waals surface area contributed by atoms with E-state index in [0.717, 1.165) is 17.5 Å². The molecule has 2 aliphatic heterocycles. The number of hydrogen-bond acceptors (Lipinski definition) is 4. The maximum atomic E-state index is 12.3. The summed E-state index contributed by atoms with van der Waals surface area (Å²) in [5, 5.41) is 0. The van der Waals surface area contributed by atoms with Crippen LogP contribution in [0.4, 0.5) is 0 Å². The summed E-state index contributed by atoms with van der Waals surface area (Å²) >= 11 is 0. The highest BCUT2D eigenvalue weighted by Crippen LogP contribution is 2.70. The number of cyclic esters (lactones) is 1. The summed E-state index contributed by atoms with van der Waals surface area (Å²) < 4.78 is 17.3. The van der Waals surface area contributed by atoms with Crippen molar-refractivity contribution in [3.05, 3.63) is 71.8 Å². The number of fused-ring (bicyclic) bond motifs is 1. The van der Waals surface area contributed by atoms with E-state index < -0.39 is 11.9 Å². The van der Waals surface area contributed by atoms with Crippen molar-refractivity contribution in [1.29, 1.82) is 0 Å². The summed E-state index contributed by atoms with van der Waals surface area (Å²) in [6.45, 7) is 0. The minimum absolute atomic E-state index is 0.0619. The number of carbonyl (C=O) groups excluding carboxylic acids is 1. The summed E-state index contributed by atoms with van der Waals surface area (Å²) in [4.78, 5) is 12.3. The summed E-state index contributed by atoms with van der Waals surface area (Å²) in [6.07, 6.45) is 0.997. The molecule has 1 aliphatic carbocycles. The molecule has 128 valence electrons. The third kappa shape index (κ3) is 1.92. The van der Waals surface area contributed by atoms with Gasteiger partial charge in [-0.3, -0.25) is 4.79 Å². The van der Waals surface area contributed by atoms with Crippen LogP contribution in [0, 0.1) is 11.8 Å². The molecule has 4 atom stereocenters. The second-order valence-electron chi connectivity index (χ2n) is 7.23. The quantitative estimate of drug-likeness (QED) is 0.638. The van der Waals surface area contributed by atoms with Crippen molar-refractivity contribution < 1.29 is 19.0 Å². The van der Waals surface area contributed by atoms with Crippen LogP contribution in [0.2, 0.25) is 0 Å². The fourth-order valence-electron chi connectivity index (χ4n) is 4.96. The van der Waals surface area contributed by atoms with Crippen LogP contribution in [-0.2, 0) is 24.6 Å². The average molecular weight is 336 g/mol. The topological polar surface area (TPSA) is 48.1 Å². The van der Waals surface area contributed by atoms with Crippen LogP contribution in [0.1, 0.15) is 24.0 Å². The van der Waals surface area contributed by atoms with Crippen molar-refractivity contribution in [3.8, 4) is 0 Å². The van der Waals surface area contributed by atoms with E-state index in [1.165, 1.54) is 0 Å². The van der Waals surface area contributed by atoms with Crippen LogP contribution < -0.4 is 0 Å². The van der Waals surface area contributed by atoms with Gasteiger partial charge in [0.25, 0.3) is 0 Å². The maximum Gasteiger partial charge on any atom is 0.311 e. The Kier molecular flexibility index (Phi) is 3.12. The highest BCUT2D eigenvalue weighted by Gasteiger charge is 2.77. The number of carbonyl (C=O) groups is 1. The number of rotatable bonds is 3. The van der Waals surface area contributed by atoms with E-state index in [2.05, 4.69) is 24.3 Å². The van der Waals surface area contributed by atoms with E-state index in [9.17, 15) is 4.79 Å². The molecule has 4 nitrogen and oxygen atoms in total. The van der Waals surface area contributed by atoms with E-state index in [1.807, 2.05) is 36.4 Å². The lowest BCUT2D eigenvalue weighted by Crippen LogP contribution is -2.26. The lowest BCUT2D eigenvalue weighted by molar-refractivity contribution is -0.163. The van der Waals surface area contributed by atoms with E-state index in [0.29, 0.717) is 6.42 Å². The lowest BCUT2D eigenvalue weighted by atomic mass is 9.79. The van der Waals surface area contributed by atoms with Crippen LogP contribution in [0.5, 0.6) is 0 Å². The van der Waals surface area contributed by atoms with Crippen molar-refractivity contribution >= 4 is 5.97 Å². The minimum Gasteiger partial charge on any atom is -0.435 e. The molecular weight excluding hydrogens is 316 g/mol. The maximum absolute atomic E-state index is 12.3. The number of ether oxygens (including phenoxy) is 3. The lowest BCUT2D eigenvalue weighted by Gasteiger charge is -2.20. The molecule has 2 aromatic rings. The van der Waals surface area contributed by atoms with Gasteiger partial charge in [0.2, 0.25) is 6.29 Å². The Bertz CT molecular complexity index is 764. The number of epoxide rings is 1. The molecule has 3 aliphatic rings. The zero-order valence-electron chi connectivity index (χ0n) is 14.1. The van der Waals surface area contributed by atoms with Gasteiger partial charge in [0.15, 0.2) is 0 Å². The van der Waals surface area contributed by atoms with Crippen LogP contribution in [0.25, 0.3) is 0 Å². The van der Waals surface area contributed by atoms with Crippen molar-refractivity contribution in [2.75, 3.05) is 7.11 Å². The van der Waals surface area contributed by atoms with Gasteiger partial charge in [0.1, 0.15) is 11.2 Å². The Labute approximate surface area is 146 Å². The van der Waals surface area contributed by atoms with Crippen molar-refractivity contribution in [2.45, 2.75) is 30.3 Å². The molecule has 0 aromatic heterocycles. The van der Waals surface area contributed by atoms with Gasteiger partial charge in [-0.25, -0.2) is 0 Å². The molecule has 0 N–H and O–H groups in total. The number of benzene rings is 2. The highest BCUT2D eigenvalue weighted by atomic mass is 16.7. The number of hydrogen-bond donors (Lipinski definition) is 0. The molecule has 1 saturated carbocycles. The summed E-state index contributed by atoms with van der Waals surface area (Å²) in [7, 11) is 1.60. The van der Waals surface area contributed by atoms with Crippen LogP contribution >= 0.6 is 0 Å². The molecule has 0 amide bonds. The van der Waals surface area contributed by atoms with Crippen molar-refractivity contribution in [3.63, 3.8) is 0 Å². The van der Waals surface area contributed by atoms with Crippen LogP contribution in [0.15, 0.2) is 60.7 Å². The first kappa shape index (κ1) is 15.1. The van der Waals surface area contributed by atoms with E-state index >= 15 is 0 Å². The van der Waals surface area contributed by atoms with Gasteiger partial charge < -0.3 is 14.2 Å². The summed E-state index contributed by atoms with van der Waals surface area (Å²) in [5.74, 6) is -0.231. The van der Waals surface area contributed by atoms with E-state index in [4.69, 9.17) is 14.2 Å². The number of methoxy groups -OCH3 is 1. The van der Waals surface area contributed by atoms with Crippen LogP contribution in [-0.4, -0.2) is 25.0 Å². The first-order chi connectivity index (χ1) is 12.2. The van der Waals surface area contributed by atoms with Gasteiger partial charge in [-0.05, 0) is 24.0 Å². The third-order valence-electron chi connectivity index (χ3n) is 6.06. The van der Waals surface area contributed by atoms with Gasteiger partial charge in [-0.1, -0.05) is 60.7 Å². The molecule has 1 spiro atoms. The third-order valence-corrected chi connectivity index (χ3v) is 6.06. The van der Waals surface area contributed by atoms with E-state index in [-0.39, 0.29) is 23.4 Å². The molecule has 4 unspecified atom stereocenters. The molecule has 0 radical (unpaired) electrons. The fourth-order valence-corrected chi connectivity index (χ4v) is 4.96. The molecule has 2 heterocycles. The first-order valence-electron chi connectivity index (χ1n) is 8.75. The summed E-state index contributed by atoms with van der Waals surface area (Å²) in [6, 6.07) is 20.6. The zero-order valence-corrected chi connectivity index (χ0v) is 14.1. The monoisotopic (exact) mass is 336 g/mol. The minimum atomic E-state index is -0.488. The SMILES string of the molecule is COC1OC(=O)C2CC3(CC12)OC3(c1ccccc1)c1ccccc1. The molecule has 2 aromatic carbocycles. The Morgan fingerprint density at radius 2 is 1.56 bits per heavy atom. The smallest absolute Gasteiger partial charge is 0.311 e. The predicted molar refractivity (Wildman–Crippen MR) is 90.6 cm³/mol. The fraction of sp³-hybridized carbons (Fsp3) is 0.381.